The fourth-order valence-corrected chi connectivity index (χ4v) is 2.60. The first-order valence-corrected chi connectivity index (χ1v) is 7.45. The third-order valence-electron chi connectivity index (χ3n) is 3.02. The summed E-state index contributed by atoms with van der Waals surface area (Å²) in [6, 6.07) is 9.66. The fraction of sp³-hybridized carbons (Fsp3) is 0.0625. The Hall–Kier alpha value is -2.60. The molecule has 1 aromatic carbocycles. The maximum absolute atomic E-state index is 13.2. The quantitative estimate of drug-likeness (QED) is 0.797. The molecule has 0 aliphatic heterocycles. The molecule has 0 aliphatic carbocycles. The van der Waals surface area contributed by atoms with E-state index in [0.29, 0.717) is 22.0 Å². The van der Waals surface area contributed by atoms with Crippen LogP contribution in [0.1, 0.15) is 16.1 Å². The number of nitrogens with one attached hydrogen (secondary N) is 1. The number of hydrogen-bond acceptors (Lipinski definition) is 4. The van der Waals surface area contributed by atoms with Gasteiger partial charge in [0.05, 0.1) is 11.3 Å². The van der Waals surface area contributed by atoms with Crippen molar-refractivity contribution >= 4 is 22.4 Å². The number of anilines is 1. The lowest BCUT2D eigenvalue weighted by atomic mass is 10.2. The number of aromatic nitrogens is 2. The molecule has 4 nitrogen and oxygen atoms in total. The van der Waals surface area contributed by atoms with Gasteiger partial charge in [-0.1, -0.05) is 12.1 Å². The number of rotatable bonds is 3. The maximum Gasteiger partial charge on any atom is 0.259 e. The summed E-state index contributed by atoms with van der Waals surface area (Å²) >= 11 is 1.29. The van der Waals surface area contributed by atoms with Crippen molar-refractivity contribution in [1.82, 2.24) is 9.97 Å². The molecule has 0 radical (unpaired) electrons. The molecule has 0 saturated carbocycles. The minimum absolute atomic E-state index is 0.271. The van der Waals surface area contributed by atoms with Gasteiger partial charge in [-0.25, -0.2) is 9.37 Å². The van der Waals surface area contributed by atoms with E-state index in [1.165, 1.54) is 29.7 Å². The molecule has 0 bridgehead atoms. The van der Waals surface area contributed by atoms with Crippen LogP contribution in [0.25, 0.3) is 11.3 Å². The molecule has 2 heterocycles. The van der Waals surface area contributed by atoms with Gasteiger partial charge in [0.2, 0.25) is 0 Å². The third kappa shape index (κ3) is 3.17. The van der Waals surface area contributed by atoms with Crippen molar-refractivity contribution in [3.05, 3.63) is 65.0 Å². The van der Waals surface area contributed by atoms with Gasteiger partial charge in [0.15, 0.2) is 5.13 Å². The Morgan fingerprint density at radius 1 is 1.27 bits per heavy atom. The number of carbonyl (C=O) groups excluding carboxylic acids is 1. The number of thiazole rings is 1. The van der Waals surface area contributed by atoms with Crippen molar-refractivity contribution in [3.8, 4) is 11.3 Å². The molecular weight excluding hydrogens is 301 g/mol. The van der Waals surface area contributed by atoms with Crippen LogP contribution < -0.4 is 5.32 Å². The summed E-state index contributed by atoms with van der Waals surface area (Å²) in [7, 11) is 0. The minimum Gasteiger partial charge on any atom is -0.298 e. The van der Waals surface area contributed by atoms with Crippen molar-refractivity contribution in [2.45, 2.75) is 6.92 Å². The molecule has 1 amide bonds. The van der Waals surface area contributed by atoms with Crippen LogP contribution in [0.5, 0.6) is 0 Å². The number of carbonyl (C=O) groups is 1. The molecule has 110 valence electrons. The second kappa shape index (κ2) is 6.03. The van der Waals surface area contributed by atoms with Crippen LogP contribution in [0.15, 0.2) is 48.0 Å². The van der Waals surface area contributed by atoms with Crippen molar-refractivity contribution in [3.63, 3.8) is 0 Å². The highest BCUT2D eigenvalue weighted by Gasteiger charge is 2.10. The highest BCUT2D eigenvalue weighted by molar-refractivity contribution is 7.14. The van der Waals surface area contributed by atoms with E-state index in [9.17, 15) is 9.18 Å². The predicted octanol–water partition coefficient (Wildman–Crippen LogP) is 3.90. The Morgan fingerprint density at radius 2 is 2.14 bits per heavy atom. The Kier molecular flexibility index (Phi) is 3.93. The maximum atomic E-state index is 13.2. The molecule has 0 spiro atoms. The van der Waals surface area contributed by atoms with E-state index < -0.39 is 0 Å². The predicted molar refractivity (Wildman–Crippen MR) is 84.4 cm³/mol. The normalized spacial score (nSPS) is 10.5. The zero-order valence-electron chi connectivity index (χ0n) is 11.7. The second-order valence-electron chi connectivity index (χ2n) is 4.69. The summed E-state index contributed by atoms with van der Waals surface area (Å²) in [6.07, 6.45) is 1.52. The summed E-state index contributed by atoms with van der Waals surface area (Å²) in [6.45, 7) is 1.85. The Bertz CT molecular complexity index is 814. The van der Waals surface area contributed by atoms with E-state index in [1.807, 2.05) is 6.92 Å². The highest BCUT2D eigenvalue weighted by Crippen LogP contribution is 2.25. The highest BCUT2D eigenvalue weighted by atomic mass is 32.1. The second-order valence-corrected chi connectivity index (χ2v) is 5.55. The van der Waals surface area contributed by atoms with Crippen LogP contribution in [0.2, 0.25) is 0 Å². The van der Waals surface area contributed by atoms with Gasteiger partial charge in [0, 0.05) is 22.8 Å². The number of halogens is 1. The molecule has 3 aromatic rings. The number of hydrogen-bond donors (Lipinski definition) is 1. The molecule has 1 N–H and O–H groups in total. The van der Waals surface area contributed by atoms with Gasteiger partial charge in [0.25, 0.3) is 5.91 Å². The summed E-state index contributed by atoms with van der Waals surface area (Å²) in [5.74, 6) is -0.588. The molecule has 0 saturated heterocycles. The lowest BCUT2D eigenvalue weighted by molar-refractivity contribution is 0.102. The van der Waals surface area contributed by atoms with Crippen molar-refractivity contribution in [1.29, 1.82) is 0 Å². The molecule has 3 rings (SSSR count). The SMILES string of the molecule is Cc1ccc(C(=O)Nc2nc(-c3cccc(F)c3)cs2)cn1. The largest absolute Gasteiger partial charge is 0.298 e. The van der Waals surface area contributed by atoms with Crippen molar-refractivity contribution < 1.29 is 9.18 Å². The lowest BCUT2D eigenvalue weighted by Crippen LogP contribution is -2.12. The number of pyridine rings is 1. The summed E-state index contributed by atoms with van der Waals surface area (Å²) in [4.78, 5) is 20.5. The van der Waals surface area contributed by atoms with Gasteiger partial charge < -0.3 is 0 Å². The van der Waals surface area contributed by atoms with Crippen LogP contribution in [-0.4, -0.2) is 15.9 Å². The average molecular weight is 313 g/mol. The molecule has 2 aromatic heterocycles. The van der Waals surface area contributed by atoms with Gasteiger partial charge in [-0.15, -0.1) is 11.3 Å². The van der Waals surface area contributed by atoms with Crippen LogP contribution in [0.3, 0.4) is 0 Å². The summed E-state index contributed by atoms with van der Waals surface area (Å²) in [5, 5.41) is 4.96. The van der Waals surface area contributed by atoms with Crippen LogP contribution in [-0.2, 0) is 0 Å². The van der Waals surface area contributed by atoms with E-state index in [4.69, 9.17) is 0 Å². The molecule has 6 heteroatoms. The monoisotopic (exact) mass is 313 g/mol. The van der Waals surface area contributed by atoms with E-state index in [0.717, 1.165) is 5.69 Å². The van der Waals surface area contributed by atoms with Gasteiger partial charge in [-0.05, 0) is 31.2 Å². The summed E-state index contributed by atoms with van der Waals surface area (Å²) < 4.78 is 13.2. The average Bonchev–Trinajstić information content (AvgIpc) is 2.96. The molecule has 0 fully saturated rings. The van der Waals surface area contributed by atoms with Crippen molar-refractivity contribution in [2.75, 3.05) is 5.32 Å². The lowest BCUT2D eigenvalue weighted by Gasteiger charge is -2.01. The van der Waals surface area contributed by atoms with Gasteiger partial charge >= 0.3 is 0 Å². The van der Waals surface area contributed by atoms with Gasteiger partial charge in [0.1, 0.15) is 5.82 Å². The zero-order chi connectivity index (χ0) is 15.5. The number of nitrogens with zero attached hydrogens (tertiary/aromatic N) is 2. The molecular formula is C16H12FN3OS. The Balaban J connectivity index is 1.77. The first-order valence-electron chi connectivity index (χ1n) is 6.57. The van der Waals surface area contributed by atoms with Crippen LogP contribution in [0.4, 0.5) is 9.52 Å². The van der Waals surface area contributed by atoms with Crippen molar-refractivity contribution in [2.24, 2.45) is 0 Å². The smallest absolute Gasteiger partial charge is 0.259 e. The Labute approximate surface area is 130 Å². The molecule has 0 aliphatic rings. The first kappa shape index (κ1) is 14.3. The zero-order valence-corrected chi connectivity index (χ0v) is 12.5. The molecule has 0 unspecified atom stereocenters. The molecule has 0 atom stereocenters. The third-order valence-corrected chi connectivity index (χ3v) is 3.78. The van der Waals surface area contributed by atoms with E-state index in [-0.39, 0.29) is 11.7 Å². The minimum atomic E-state index is -0.318. The van der Waals surface area contributed by atoms with Crippen LogP contribution in [0, 0.1) is 12.7 Å². The van der Waals surface area contributed by atoms with E-state index in [2.05, 4.69) is 15.3 Å². The van der Waals surface area contributed by atoms with E-state index in [1.54, 1.807) is 29.6 Å². The molecule has 22 heavy (non-hydrogen) atoms. The first-order chi connectivity index (χ1) is 10.6. The fourth-order valence-electron chi connectivity index (χ4n) is 1.88. The Morgan fingerprint density at radius 3 is 2.86 bits per heavy atom. The topological polar surface area (TPSA) is 54.9 Å². The standard InChI is InChI=1S/C16H12FN3OS/c1-10-5-6-12(8-18-10)15(21)20-16-19-14(9-22-16)11-3-2-4-13(17)7-11/h2-9H,1H3,(H,19,20,21). The number of aryl methyl sites for hydroxylation is 1. The van der Waals surface area contributed by atoms with Gasteiger partial charge in [-0.2, -0.15) is 0 Å². The van der Waals surface area contributed by atoms with E-state index >= 15 is 0 Å². The number of amides is 1. The number of benzene rings is 1. The summed E-state index contributed by atoms with van der Waals surface area (Å²) in [5.41, 5.74) is 2.61. The van der Waals surface area contributed by atoms with Crippen LogP contribution >= 0.6 is 11.3 Å². The van der Waals surface area contributed by atoms with Gasteiger partial charge in [-0.3, -0.25) is 15.1 Å².